The number of aliphatic hydroxyl groups excluding tert-OH is 2. The second-order valence-electron chi connectivity index (χ2n) is 8.83. The topological polar surface area (TPSA) is 58.9 Å². The van der Waals surface area contributed by atoms with Crippen molar-refractivity contribution in [2.24, 2.45) is 5.41 Å². The Morgan fingerprint density at radius 2 is 1.93 bits per heavy atom. The molecule has 150 valence electrons. The molecule has 28 heavy (non-hydrogen) atoms. The molecule has 5 rings (SSSR count). The van der Waals surface area contributed by atoms with Crippen molar-refractivity contribution in [3.8, 4) is 11.5 Å². The summed E-state index contributed by atoms with van der Waals surface area (Å²) in [4.78, 5) is 0. The molecule has 3 unspecified atom stereocenters. The van der Waals surface area contributed by atoms with Crippen molar-refractivity contribution >= 4 is 12.8 Å². The maximum atomic E-state index is 9.65. The van der Waals surface area contributed by atoms with E-state index in [9.17, 15) is 5.11 Å². The van der Waals surface area contributed by atoms with Crippen LogP contribution < -0.4 is 10.0 Å². The number of aliphatic hydroxyl groups is 2. The van der Waals surface area contributed by atoms with Gasteiger partial charge in [-0.1, -0.05) is 0 Å². The van der Waals surface area contributed by atoms with Crippen molar-refractivity contribution in [3.63, 3.8) is 0 Å². The predicted molar refractivity (Wildman–Crippen MR) is 113 cm³/mol. The van der Waals surface area contributed by atoms with Gasteiger partial charge in [0.15, 0.2) is 0 Å². The van der Waals surface area contributed by atoms with Gasteiger partial charge in [-0.15, -0.1) is 0 Å². The zero-order valence-electron chi connectivity index (χ0n) is 16.1. The summed E-state index contributed by atoms with van der Waals surface area (Å²) in [6.07, 6.45) is 5.96. The summed E-state index contributed by atoms with van der Waals surface area (Å²) in [7, 11) is -1.93. The third kappa shape index (κ3) is 2.66. The summed E-state index contributed by atoms with van der Waals surface area (Å²) >= 11 is 0. The van der Waals surface area contributed by atoms with Gasteiger partial charge in [-0.25, -0.2) is 0 Å². The molecule has 3 atom stereocenters. The summed E-state index contributed by atoms with van der Waals surface area (Å²) in [6, 6.07) is 18.5. The van der Waals surface area contributed by atoms with Gasteiger partial charge in [0, 0.05) is 0 Å². The van der Waals surface area contributed by atoms with Crippen LogP contribution in [0.4, 0.5) is 0 Å². The SMILES string of the molecule is OCC(O)CCCC12CO[PH]3(c4cccc(Oc5ccccc5)c4)CCC13C2. The van der Waals surface area contributed by atoms with Crippen molar-refractivity contribution in [3.05, 3.63) is 54.6 Å². The monoisotopic (exact) mass is 400 g/mol. The summed E-state index contributed by atoms with van der Waals surface area (Å²) in [5.41, 5.74) is 0.322. The van der Waals surface area contributed by atoms with E-state index in [1.165, 1.54) is 24.3 Å². The Morgan fingerprint density at radius 3 is 2.68 bits per heavy atom. The van der Waals surface area contributed by atoms with E-state index in [0.717, 1.165) is 30.9 Å². The van der Waals surface area contributed by atoms with Crippen LogP contribution >= 0.6 is 7.49 Å². The second-order valence-corrected chi connectivity index (χ2v) is 12.8. The molecule has 0 aromatic heterocycles. The van der Waals surface area contributed by atoms with E-state index >= 15 is 0 Å². The number of hydrogen-bond donors (Lipinski definition) is 2. The average molecular weight is 400 g/mol. The third-order valence-electron chi connectivity index (χ3n) is 7.48. The van der Waals surface area contributed by atoms with Crippen molar-refractivity contribution < 1.29 is 19.5 Å². The summed E-state index contributed by atoms with van der Waals surface area (Å²) in [5.74, 6) is 1.75. The Morgan fingerprint density at radius 1 is 1.11 bits per heavy atom. The molecule has 1 aliphatic carbocycles. The Hall–Kier alpha value is -1.45. The van der Waals surface area contributed by atoms with Crippen LogP contribution in [-0.2, 0) is 4.52 Å². The minimum atomic E-state index is -1.93. The third-order valence-corrected chi connectivity index (χ3v) is 12.8. The number of ether oxygens (including phenoxy) is 1. The van der Waals surface area contributed by atoms with Crippen LogP contribution in [-0.4, -0.2) is 40.8 Å². The molecule has 1 spiro atoms. The van der Waals surface area contributed by atoms with Crippen molar-refractivity contribution in [1.82, 2.24) is 0 Å². The Balaban J connectivity index is 1.33. The molecule has 1 saturated carbocycles. The molecule has 5 heteroatoms. The van der Waals surface area contributed by atoms with E-state index < -0.39 is 13.6 Å². The van der Waals surface area contributed by atoms with Gasteiger partial charge in [0.2, 0.25) is 0 Å². The van der Waals surface area contributed by atoms with Crippen molar-refractivity contribution in [2.75, 3.05) is 19.4 Å². The van der Waals surface area contributed by atoms with Crippen molar-refractivity contribution in [2.45, 2.75) is 43.4 Å². The molecule has 0 amide bonds. The van der Waals surface area contributed by atoms with E-state index in [1.807, 2.05) is 36.4 Å². The average Bonchev–Trinajstić information content (AvgIpc) is 3.36. The molecule has 0 bridgehead atoms. The molecule has 3 fully saturated rings. The van der Waals surface area contributed by atoms with Gasteiger partial charge in [0.1, 0.15) is 0 Å². The molecule has 0 radical (unpaired) electrons. The molecule has 2 aromatic carbocycles. The molecule has 4 nitrogen and oxygen atoms in total. The quantitative estimate of drug-likeness (QED) is 0.661. The van der Waals surface area contributed by atoms with Crippen LogP contribution in [0.25, 0.3) is 0 Å². The van der Waals surface area contributed by atoms with Gasteiger partial charge in [0.05, 0.1) is 0 Å². The van der Waals surface area contributed by atoms with E-state index in [1.54, 1.807) is 0 Å². The van der Waals surface area contributed by atoms with E-state index in [4.69, 9.17) is 14.4 Å². The molecule has 2 aliphatic heterocycles. The van der Waals surface area contributed by atoms with Crippen LogP contribution in [0.2, 0.25) is 0 Å². The molecular weight excluding hydrogens is 371 g/mol. The van der Waals surface area contributed by atoms with E-state index in [2.05, 4.69) is 18.2 Å². The van der Waals surface area contributed by atoms with Gasteiger partial charge in [0.25, 0.3) is 0 Å². The van der Waals surface area contributed by atoms with Crippen LogP contribution in [0.3, 0.4) is 0 Å². The first-order valence-corrected chi connectivity index (χ1v) is 12.5. The normalized spacial score (nSPS) is 31.2. The number of para-hydroxylation sites is 1. The van der Waals surface area contributed by atoms with E-state index in [0.29, 0.717) is 17.0 Å². The zero-order valence-corrected chi connectivity index (χ0v) is 17.1. The second kappa shape index (κ2) is 6.81. The maximum absolute atomic E-state index is 9.65. The van der Waals surface area contributed by atoms with Gasteiger partial charge >= 0.3 is 167 Å². The minimum absolute atomic E-state index is 0.137. The summed E-state index contributed by atoms with van der Waals surface area (Å²) < 4.78 is 12.7. The van der Waals surface area contributed by atoms with Gasteiger partial charge in [-0.2, -0.15) is 0 Å². The fourth-order valence-electron chi connectivity index (χ4n) is 5.88. The number of benzene rings is 2. The van der Waals surface area contributed by atoms with Crippen LogP contribution in [0.5, 0.6) is 11.5 Å². The fourth-order valence-corrected chi connectivity index (χ4v) is 11.6. The summed E-state index contributed by atoms with van der Waals surface area (Å²) in [5, 5.41) is 20.5. The first-order valence-electron chi connectivity index (χ1n) is 10.4. The van der Waals surface area contributed by atoms with Crippen LogP contribution in [0.15, 0.2) is 54.6 Å². The van der Waals surface area contributed by atoms with Gasteiger partial charge < -0.3 is 0 Å². The number of hydrogen-bond acceptors (Lipinski definition) is 4. The molecule has 3 aliphatic rings. The molecule has 2 heterocycles. The standard InChI is InChI=1S/C23H29O4P/c24-15-18(25)6-5-11-22-16-23(22)12-13-28(23,26-17-22)21-10-4-9-20(14-21)27-19-7-2-1-3-8-19/h1-4,7-10,14,18,24-25,28H,5-6,11-13,15-17H2. The fraction of sp³-hybridized carbons (Fsp3) is 0.478. The number of rotatable bonds is 8. The zero-order chi connectivity index (χ0) is 19.2. The first-order chi connectivity index (χ1) is 13.6. The Labute approximate surface area is 166 Å². The molecule has 2 N–H and O–H groups in total. The van der Waals surface area contributed by atoms with Crippen molar-refractivity contribution in [1.29, 1.82) is 0 Å². The van der Waals surface area contributed by atoms with Gasteiger partial charge in [-0.3, -0.25) is 0 Å². The molecular formula is C23H29O4P. The van der Waals surface area contributed by atoms with Gasteiger partial charge in [-0.05, 0) is 0 Å². The van der Waals surface area contributed by atoms with Crippen LogP contribution in [0.1, 0.15) is 32.1 Å². The first kappa shape index (κ1) is 18.6. The predicted octanol–water partition coefficient (Wildman–Crippen LogP) is 3.86. The Kier molecular flexibility index (Phi) is 4.52. The van der Waals surface area contributed by atoms with Crippen LogP contribution in [0, 0.1) is 5.41 Å². The van der Waals surface area contributed by atoms with E-state index in [-0.39, 0.29) is 6.61 Å². The Bertz CT molecular complexity index is 855. The molecule has 2 saturated heterocycles. The molecule has 2 aromatic rings. The summed E-state index contributed by atoms with van der Waals surface area (Å²) in [6.45, 7) is 0.736.